The van der Waals surface area contributed by atoms with Crippen molar-refractivity contribution in [2.45, 2.75) is 0 Å². The molecule has 0 aliphatic rings. The predicted molar refractivity (Wildman–Crippen MR) is 279 cm³/mol. The molecule has 0 atom stereocenters. The summed E-state index contributed by atoms with van der Waals surface area (Å²) in [5.41, 5.74) is 16.1. The Kier molecular flexibility index (Phi) is 7.69. The molecule has 6 nitrogen and oxygen atoms in total. The third-order valence-electron chi connectivity index (χ3n) is 13.9. The summed E-state index contributed by atoms with van der Waals surface area (Å²) in [7, 11) is 0. The monoisotopic (exact) mass is 868 g/mol. The number of para-hydroxylation sites is 4. The second kappa shape index (κ2) is 14.1. The lowest BCUT2D eigenvalue weighted by atomic mass is 10.00. The molecule has 0 aliphatic carbocycles. The molecule has 316 valence electrons. The fourth-order valence-corrected chi connectivity index (χ4v) is 10.7. The zero-order valence-electron chi connectivity index (χ0n) is 36.4. The van der Waals surface area contributed by atoms with Gasteiger partial charge in [0.25, 0.3) is 0 Å². The molecule has 0 radical (unpaired) electrons. The van der Waals surface area contributed by atoms with Crippen molar-refractivity contribution in [1.29, 1.82) is 0 Å². The quantitative estimate of drug-likeness (QED) is 0.173. The lowest BCUT2D eigenvalue weighted by Crippen LogP contribution is -2.03. The van der Waals surface area contributed by atoms with E-state index in [1.54, 1.807) is 0 Å². The van der Waals surface area contributed by atoms with E-state index in [4.69, 9.17) is 18.8 Å². The summed E-state index contributed by atoms with van der Waals surface area (Å²) in [6.45, 7) is 0. The van der Waals surface area contributed by atoms with Crippen molar-refractivity contribution in [2.75, 3.05) is 0 Å². The van der Waals surface area contributed by atoms with E-state index in [-0.39, 0.29) is 0 Å². The van der Waals surface area contributed by atoms with Gasteiger partial charge in [0, 0.05) is 71.9 Å². The molecular formula is C62H36N4O2. The molecule has 15 rings (SSSR count). The van der Waals surface area contributed by atoms with Crippen molar-refractivity contribution < 1.29 is 8.83 Å². The molecule has 10 aromatic carbocycles. The Bertz CT molecular complexity index is 4540. The Morgan fingerprint density at radius 3 is 1.38 bits per heavy atom. The van der Waals surface area contributed by atoms with Crippen LogP contribution in [0, 0.1) is 0 Å². The lowest BCUT2D eigenvalue weighted by molar-refractivity contribution is 0.669. The van der Waals surface area contributed by atoms with E-state index in [0.29, 0.717) is 5.95 Å². The first-order valence-corrected chi connectivity index (χ1v) is 23.0. The van der Waals surface area contributed by atoms with E-state index in [1.807, 2.05) is 36.4 Å². The van der Waals surface area contributed by atoms with Gasteiger partial charge in [-0.15, -0.1) is 0 Å². The van der Waals surface area contributed by atoms with Crippen LogP contribution in [0.3, 0.4) is 0 Å². The van der Waals surface area contributed by atoms with Gasteiger partial charge in [-0.05, 0) is 89.0 Å². The van der Waals surface area contributed by atoms with Crippen LogP contribution in [0.5, 0.6) is 0 Å². The average molecular weight is 869 g/mol. The summed E-state index contributed by atoms with van der Waals surface area (Å²) in [6.07, 6.45) is 0. The molecule has 0 unspecified atom stereocenters. The van der Waals surface area contributed by atoms with Crippen LogP contribution >= 0.6 is 0 Å². The first-order valence-electron chi connectivity index (χ1n) is 23.0. The SMILES string of the molecule is c1ccc(-c2ccc(-c3nc(-n4c5ccc(-c6ccc7c(c6)c6cc8c(cc6n7-c6ccccc6)oc6ccccc68)cc5c5cc6c(cc54)oc4ccccc46)nc4ccccc34)cc2)cc1. The van der Waals surface area contributed by atoms with E-state index < -0.39 is 0 Å². The molecule has 0 saturated heterocycles. The van der Waals surface area contributed by atoms with Crippen LogP contribution in [0.4, 0.5) is 0 Å². The second-order valence-corrected chi connectivity index (χ2v) is 17.7. The van der Waals surface area contributed by atoms with Crippen LogP contribution in [-0.2, 0) is 0 Å². The highest BCUT2D eigenvalue weighted by Crippen LogP contribution is 2.43. The molecule has 0 saturated carbocycles. The van der Waals surface area contributed by atoms with Crippen LogP contribution in [0.25, 0.3) is 144 Å². The summed E-state index contributed by atoms with van der Waals surface area (Å²) in [4.78, 5) is 10.8. The minimum Gasteiger partial charge on any atom is -0.456 e. The molecule has 0 spiro atoms. The number of rotatable bonds is 5. The minimum absolute atomic E-state index is 0.599. The average Bonchev–Trinajstić information content (AvgIpc) is 4.14. The van der Waals surface area contributed by atoms with Crippen molar-refractivity contribution in [3.05, 3.63) is 218 Å². The number of fused-ring (bicyclic) bond motifs is 13. The highest BCUT2D eigenvalue weighted by atomic mass is 16.3. The van der Waals surface area contributed by atoms with E-state index >= 15 is 0 Å². The van der Waals surface area contributed by atoms with Gasteiger partial charge in [0.05, 0.1) is 33.3 Å². The standard InChI is InChI=1S/C62H36N4O2/c1-3-13-37(14-4-1)38-23-25-39(26-24-38)61-45-19-7-10-20-52(45)63-62(64-61)66-54-30-28-41(32-47(54)49-34-51-44-18-9-12-22-58(44)68-60(51)36-56(49)66)40-27-29-53-46(31-40)48-33-50-43-17-8-11-21-57(43)67-59(50)35-55(48)65(53)42-15-5-2-6-16-42/h1-36H. The largest absolute Gasteiger partial charge is 0.456 e. The topological polar surface area (TPSA) is 61.9 Å². The molecular weight excluding hydrogens is 833 g/mol. The maximum Gasteiger partial charge on any atom is 0.235 e. The number of benzene rings is 10. The van der Waals surface area contributed by atoms with E-state index in [2.05, 4.69) is 191 Å². The normalized spacial score (nSPS) is 12.1. The zero-order valence-corrected chi connectivity index (χ0v) is 36.4. The van der Waals surface area contributed by atoms with Crippen LogP contribution in [0.15, 0.2) is 227 Å². The van der Waals surface area contributed by atoms with E-state index in [1.165, 1.54) is 16.3 Å². The fourth-order valence-electron chi connectivity index (χ4n) is 10.7. The van der Waals surface area contributed by atoms with Gasteiger partial charge < -0.3 is 13.4 Å². The van der Waals surface area contributed by atoms with Gasteiger partial charge in [0.2, 0.25) is 5.95 Å². The van der Waals surface area contributed by atoms with Crippen LogP contribution < -0.4 is 0 Å². The first kappa shape index (κ1) is 37.0. The van der Waals surface area contributed by atoms with Gasteiger partial charge in [0.1, 0.15) is 22.3 Å². The van der Waals surface area contributed by atoms with Gasteiger partial charge in [-0.2, -0.15) is 0 Å². The Labute approximate surface area is 388 Å². The Morgan fingerprint density at radius 2 is 0.750 bits per heavy atom. The van der Waals surface area contributed by atoms with Crippen LogP contribution in [-0.4, -0.2) is 19.1 Å². The smallest absolute Gasteiger partial charge is 0.235 e. The predicted octanol–water partition coefficient (Wildman–Crippen LogP) is 16.6. The van der Waals surface area contributed by atoms with Gasteiger partial charge in [-0.3, -0.25) is 4.57 Å². The summed E-state index contributed by atoms with van der Waals surface area (Å²) < 4.78 is 17.5. The second-order valence-electron chi connectivity index (χ2n) is 17.7. The number of hydrogen-bond donors (Lipinski definition) is 0. The summed E-state index contributed by atoms with van der Waals surface area (Å²) in [5, 5.41) is 9.95. The molecule has 0 fully saturated rings. The van der Waals surface area contributed by atoms with Crippen molar-refractivity contribution >= 4 is 98.4 Å². The maximum atomic E-state index is 6.54. The number of furan rings is 2. The highest BCUT2D eigenvalue weighted by Gasteiger charge is 2.22. The van der Waals surface area contributed by atoms with E-state index in [9.17, 15) is 0 Å². The first-order chi connectivity index (χ1) is 33.7. The summed E-state index contributed by atoms with van der Waals surface area (Å²) >= 11 is 0. The maximum absolute atomic E-state index is 6.54. The fraction of sp³-hybridized carbons (Fsp3) is 0. The van der Waals surface area contributed by atoms with Crippen molar-refractivity contribution in [2.24, 2.45) is 0 Å². The third-order valence-corrected chi connectivity index (χ3v) is 13.9. The summed E-state index contributed by atoms with van der Waals surface area (Å²) in [5.74, 6) is 0.599. The zero-order chi connectivity index (χ0) is 44.5. The molecule has 0 bridgehead atoms. The van der Waals surface area contributed by atoms with Gasteiger partial charge in [-0.1, -0.05) is 140 Å². The molecule has 0 N–H and O–H groups in total. The van der Waals surface area contributed by atoms with Crippen molar-refractivity contribution in [3.8, 4) is 45.1 Å². The molecule has 68 heavy (non-hydrogen) atoms. The van der Waals surface area contributed by atoms with Crippen LogP contribution in [0.2, 0.25) is 0 Å². The molecule has 5 heterocycles. The number of hydrogen-bond acceptors (Lipinski definition) is 4. The minimum atomic E-state index is 0.599. The molecule has 15 aromatic rings. The lowest BCUT2D eigenvalue weighted by Gasteiger charge is -2.12. The Hall–Kier alpha value is -9.26. The molecule has 5 aromatic heterocycles. The highest BCUT2D eigenvalue weighted by molar-refractivity contribution is 6.20. The van der Waals surface area contributed by atoms with E-state index in [0.717, 1.165) is 121 Å². The Balaban J connectivity index is 0.961. The van der Waals surface area contributed by atoms with Crippen LogP contribution in [0.1, 0.15) is 0 Å². The van der Waals surface area contributed by atoms with Gasteiger partial charge in [-0.25, -0.2) is 9.97 Å². The van der Waals surface area contributed by atoms with Gasteiger partial charge >= 0.3 is 0 Å². The molecule has 0 amide bonds. The number of aromatic nitrogens is 4. The van der Waals surface area contributed by atoms with Crippen molar-refractivity contribution in [3.63, 3.8) is 0 Å². The summed E-state index contributed by atoms with van der Waals surface area (Å²) in [6, 6.07) is 77.3. The number of nitrogens with zero attached hydrogens (tertiary/aromatic N) is 4. The molecule has 6 heteroatoms. The van der Waals surface area contributed by atoms with Gasteiger partial charge in [0.15, 0.2) is 0 Å². The third kappa shape index (κ3) is 5.46. The van der Waals surface area contributed by atoms with Crippen molar-refractivity contribution in [1.82, 2.24) is 19.1 Å². The molecule has 0 aliphatic heterocycles. The Morgan fingerprint density at radius 1 is 0.279 bits per heavy atom.